The minimum absolute atomic E-state index is 0.0270. The van der Waals surface area contributed by atoms with Crippen molar-refractivity contribution in [1.82, 2.24) is 0 Å². The Morgan fingerprint density at radius 2 is 1.72 bits per heavy atom. The Morgan fingerprint density at radius 3 is 2.31 bits per heavy atom. The zero-order valence-corrected chi connectivity index (χ0v) is 20.3. The number of hydrogen-bond donors (Lipinski definition) is 1. The Kier molecular flexibility index (Phi) is 7.74. The SMILES string of the molecule is Cc1cc(NC(=O)/C(C#N)=C/c2cc(C)c(OCc3ccc(Cl)cc3)c(C)c2)ccc1Br. The molecule has 0 bridgehead atoms. The summed E-state index contributed by atoms with van der Waals surface area (Å²) < 4.78 is 6.97. The van der Waals surface area contributed by atoms with E-state index in [1.54, 1.807) is 12.1 Å². The fraction of sp³-hybridized carbons (Fsp3) is 0.154. The van der Waals surface area contributed by atoms with Crippen molar-refractivity contribution in [2.45, 2.75) is 27.4 Å². The monoisotopic (exact) mass is 508 g/mol. The molecule has 162 valence electrons. The first kappa shape index (κ1) is 23.6. The van der Waals surface area contributed by atoms with E-state index in [0.717, 1.165) is 38.0 Å². The third kappa shape index (κ3) is 6.00. The number of anilines is 1. The van der Waals surface area contributed by atoms with Crippen LogP contribution >= 0.6 is 27.5 Å². The van der Waals surface area contributed by atoms with E-state index in [1.165, 1.54) is 0 Å². The molecule has 4 nitrogen and oxygen atoms in total. The first-order valence-corrected chi connectivity index (χ1v) is 11.1. The minimum atomic E-state index is -0.451. The van der Waals surface area contributed by atoms with Crippen molar-refractivity contribution in [3.63, 3.8) is 0 Å². The second kappa shape index (κ2) is 10.5. The number of rotatable bonds is 6. The zero-order chi connectivity index (χ0) is 23.3. The van der Waals surface area contributed by atoms with E-state index < -0.39 is 5.91 Å². The smallest absolute Gasteiger partial charge is 0.266 e. The average molecular weight is 510 g/mol. The molecule has 0 saturated heterocycles. The van der Waals surface area contributed by atoms with Gasteiger partial charge in [0.25, 0.3) is 5.91 Å². The van der Waals surface area contributed by atoms with Crippen LogP contribution in [0.4, 0.5) is 5.69 Å². The lowest BCUT2D eigenvalue weighted by atomic mass is 10.0. The van der Waals surface area contributed by atoms with Crippen molar-refractivity contribution < 1.29 is 9.53 Å². The third-order valence-electron chi connectivity index (χ3n) is 4.87. The van der Waals surface area contributed by atoms with Gasteiger partial charge in [-0.05, 0) is 97.1 Å². The summed E-state index contributed by atoms with van der Waals surface area (Å²) in [5.74, 6) is 0.331. The van der Waals surface area contributed by atoms with E-state index >= 15 is 0 Å². The van der Waals surface area contributed by atoms with Crippen LogP contribution in [0.15, 0.2) is 64.6 Å². The summed E-state index contributed by atoms with van der Waals surface area (Å²) in [5, 5.41) is 13.0. The van der Waals surface area contributed by atoms with E-state index in [2.05, 4.69) is 21.2 Å². The molecule has 0 aliphatic heterocycles. The summed E-state index contributed by atoms with van der Waals surface area (Å²) >= 11 is 9.37. The predicted molar refractivity (Wildman–Crippen MR) is 133 cm³/mol. The number of amides is 1. The summed E-state index contributed by atoms with van der Waals surface area (Å²) in [7, 11) is 0. The van der Waals surface area contributed by atoms with Crippen LogP contribution in [0.2, 0.25) is 5.02 Å². The largest absolute Gasteiger partial charge is 0.488 e. The molecule has 1 amide bonds. The van der Waals surface area contributed by atoms with Crippen LogP contribution in [-0.2, 0) is 11.4 Å². The van der Waals surface area contributed by atoms with E-state index in [-0.39, 0.29) is 5.57 Å². The number of halogens is 2. The molecule has 0 aliphatic rings. The summed E-state index contributed by atoms with van der Waals surface area (Å²) in [6.07, 6.45) is 1.59. The maximum Gasteiger partial charge on any atom is 0.266 e. The van der Waals surface area contributed by atoms with Crippen LogP contribution in [0.25, 0.3) is 6.08 Å². The molecular weight excluding hydrogens is 488 g/mol. The topological polar surface area (TPSA) is 62.1 Å². The molecule has 0 radical (unpaired) electrons. The Bertz CT molecular complexity index is 1200. The number of benzene rings is 3. The van der Waals surface area contributed by atoms with Crippen LogP contribution in [-0.4, -0.2) is 5.91 Å². The summed E-state index contributed by atoms with van der Waals surface area (Å²) in [4.78, 5) is 12.6. The summed E-state index contributed by atoms with van der Waals surface area (Å²) in [6, 6.07) is 18.8. The lowest BCUT2D eigenvalue weighted by Gasteiger charge is -2.14. The van der Waals surface area contributed by atoms with Crippen LogP contribution in [0.3, 0.4) is 0 Å². The highest BCUT2D eigenvalue weighted by molar-refractivity contribution is 9.10. The van der Waals surface area contributed by atoms with Crippen molar-refractivity contribution in [3.8, 4) is 11.8 Å². The van der Waals surface area contributed by atoms with Gasteiger partial charge in [-0.1, -0.05) is 39.7 Å². The van der Waals surface area contributed by atoms with Crippen LogP contribution in [0, 0.1) is 32.1 Å². The molecule has 3 aromatic rings. The Labute approximate surface area is 201 Å². The van der Waals surface area contributed by atoms with Gasteiger partial charge in [-0.15, -0.1) is 0 Å². The molecule has 32 heavy (non-hydrogen) atoms. The number of nitrogens with zero attached hydrogens (tertiary/aromatic N) is 1. The van der Waals surface area contributed by atoms with E-state index in [1.807, 2.05) is 75.4 Å². The number of ether oxygens (including phenoxy) is 1. The first-order valence-electron chi connectivity index (χ1n) is 9.94. The van der Waals surface area contributed by atoms with Gasteiger partial charge in [0.05, 0.1) is 0 Å². The number of carbonyl (C=O) groups is 1. The van der Waals surface area contributed by atoms with Gasteiger partial charge < -0.3 is 10.1 Å². The van der Waals surface area contributed by atoms with Crippen molar-refractivity contribution in [2.24, 2.45) is 0 Å². The number of aryl methyl sites for hydroxylation is 3. The number of nitriles is 1. The highest BCUT2D eigenvalue weighted by Gasteiger charge is 2.12. The molecule has 0 unspecified atom stereocenters. The quantitative estimate of drug-likeness (QED) is 0.283. The average Bonchev–Trinajstić information content (AvgIpc) is 2.75. The molecule has 0 heterocycles. The maximum atomic E-state index is 12.6. The second-order valence-electron chi connectivity index (χ2n) is 7.49. The number of hydrogen-bond acceptors (Lipinski definition) is 3. The maximum absolute atomic E-state index is 12.6. The van der Waals surface area contributed by atoms with Gasteiger partial charge in [-0.25, -0.2) is 0 Å². The molecular formula is C26H22BrClN2O2. The molecule has 6 heteroatoms. The van der Waals surface area contributed by atoms with Gasteiger partial charge in [-0.2, -0.15) is 5.26 Å². The van der Waals surface area contributed by atoms with Gasteiger partial charge in [-0.3, -0.25) is 4.79 Å². The van der Waals surface area contributed by atoms with Gasteiger partial charge >= 0.3 is 0 Å². The van der Waals surface area contributed by atoms with Crippen molar-refractivity contribution in [1.29, 1.82) is 5.26 Å². The fourth-order valence-electron chi connectivity index (χ4n) is 3.27. The van der Waals surface area contributed by atoms with E-state index in [4.69, 9.17) is 16.3 Å². The Morgan fingerprint density at radius 1 is 1.06 bits per heavy atom. The minimum Gasteiger partial charge on any atom is -0.488 e. The van der Waals surface area contributed by atoms with Crippen LogP contribution in [0.1, 0.15) is 27.8 Å². The van der Waals surface area contributed by atoms with Crippen LogP contribution < -0.4 is 10.1 Å². The molecule has 3 aromatic carbocycles. The van der Waals surface area contributed by atoms with Gasteiger partial charge in [0.2, 0.25) is 0 Å². The summed E-state index contributed by atoms with van der Waals surface area (Å²) in [5.41, 5.74) is 5.28. The lowest BCUT2D eigenvalue weighted by Crippen LogP contribution is -2.13. The van der Waals surface area contributed by atoms with Crippen LogP contribution in [0.5, 0.6) is 5.75 Å². The highest BCUT2D eigenvalue weighted by Crippen LogP contribution is 2.27. The van der Waals surface area contributed by atoms with Gasteiger partial charge in [0.15, 0.2) is 0 Å². The Hall–Kier alpha value is -3.07. The standard InChI is InChI=1S/C26H22BrClN2O2/c1-16-12-23(8-9-24(16)27)30-26(31)21(14-29)13-20-10-17(2)25(18(3)11-20)32-15-19-4-6-22(28)7-5-19/h4-13H,15H2,1-3H3,(H,30,31)/b21-13+. The normalized spacial score (nSPS) is 11.1. The van der Waals surface area contributed by atoms with Crippen molar-refractivity contribution in [2.75, 3.05) is 5.32 Å². The van der Waals surface area contributed by atoms with E-state index in [0.29, 0.717) is 17.3 Å². The molecule has 0 spiro atoms. The predicted octanol–water partition coefficient (Wildman–Crippen LogP) is 7.15. The van der Waals surface area contributed by atoms with Gasteiger partial charge in [0, 0.05) is 15.2 Å². The number of nitrogens with one attached hydrogen (secondary N) is 1. The molecule has 0 fully saturated rings. The molecule has 0 atom stereocenters. The molecule has 0 aromatic heterocycles. The van der Waals surface area contributed by atoms with E-state index in [9.17, 15) is 10.1 Å². The molecule has 3 rings (SSSR count). The fourth-order valence-corrected chi connectivity index (χ4v) is 3.64. The first-order chi connectivity index (χ1) is 15.3. The van der Waals surface area contributed by atoms with Crippen molar-refractivity contribution >= 4 is 45.2 Å². The third-order valence-corrected chi connectivity index (χ3v) is 6.01. The summed E-state index contributed by atoms with van der Waals surface area (Å²) in [6.45, 7) is 6.24. The Balaban J connectivity index is 1.77. The van der Waals surface area contributed by atoms with Gasteiger partial charge in [0.1, 0.15) is 24.0 Å². The van der Waals surface area contributed by atoms with Crippen molar-refractivity contribution in [3.05, 3.63) is 97.5 Å². The lowest BCUT2D eigenvalue weighted by molar-refractivity contribution is -0.112. The molecule has 1 N–H and O–H groups in total. The zero-order valence-electron chi connectivity index (χ0n) is 18.0. The highest BCUT2D eigenvalue weighted by atomic mass is 79.9. The number of carbonyl (C=O) groups excluding carboxylic acids is 1. The molecule has 0 aliphatic carbocycles. The second-order valence-corrected chi connectivity index (χ2v) is 8.78. The molecule has 0 saturated carbocycles.